The molecule has 2 heterocycles. The van der Waals surface area contributed by atoms with Gasteiger partial charge in [0.25, 0.3) is 0 Å². The highest BCUT2D eigenvalue weighted by Gasteiger charge is 2.34. The SMILES string of the molecule is O=c1oc2ccccc2c2c1C(c1ccccc1)CC(c1ccccc1)O2. The van der Waals surface area contributed by atoms with Crippen LogP contribution in [0.1, 0.15) is 35.1 Å². The molecule has 0 aliphatic carbocycles. The van der Waals surface area contributed by atoms with Gasteiger partial charge in [-0.05, 0) is 29.7 Å². The number of ether oxygens (including phenoxy) is 1. The van der Waals surface area contributed by atoms with E-state index in [9.17, 15) is 4.79 Å². The van der Waals surface area contributed by atoms with E-state index in [1.54, 1.807) is 0 Å². The molecule has 2 atom stereocenters. The summed E-state index contributed by atoms with van der Waals surface area (Å²) in [5.41, 5.74) is 3.07. The summed E-state index contributed by atoms with van der Waals surface area (Å²) in [6.45, 7) is 0. The summed E-state index contributed by atoms with van der Waals surface area (Å²) in [5, 5.41) is 0.841. The number of fused-ring (bicyclic) bond motifs is 3. The second kappa shape index (κ2) is 6.44. The first-order chi connectivity index (χ1) is 13.3. The van der Waals surface area contributed by atoms with Crippen LogP contribution in [0.4, 0.5) is 0 Å². The lowest BCUT2D eigenvalue weighted by Crippen LogP contribution is -2.25. The number of para-hydroxylation sites is 1. The smallest absolute Gasteiger partial charge is 0.343 e. The van der Waals surface area contributed by atoms with E-state index < -0.39 is 0 Å². The summed E-state index contributed by atoms with van der Waals surface area (Å²) in [5.74, 6) is 0.580. The van der Waals surface area contributed by atoms with Crippen molar-refractivity contribution >= 4 is 11.0 Å². The van der Waals surface area contributed by atoms with Crippen molar-refractivity contribution < 1.29 is 9.15 Å². The summed E-state index contributed by atoms with van der Waals surface area (Å²) >= 11 is 0. The predicted octanol–water partition coefficient (Wildman–Crippen LogP) is 5.45. The van der Waals surface area contributed by atoms with Crippen molar-refractivity contribution in [3.63, 3.8) is 0 Å². The second-order valence-electron chi connectivity index (χ2n) is 6.84. The third-order valence-electron chi connectivity index (χ3n) is 5.23. The fourth-order valence-electron chi connectivity index (χ4n) is 3.95. The number of hydrogen-bond acceptors (Lipinski definition) is 3. The van der Waals surface area contributed by atoms with Gasteiger partial charge in [0.1, 0.15) is 17.4 Å². The normalized spacial score (nSPS) is 18.7. The van der Waals surface area contributed by atoms with Crippen molar-refractivity contribution in [3.05, 3.63) is 112 Å². The lowest BCUT2D eigenvalue weighted by atomic mass is 9.83. The fourth-order valence-corrected chi connectivity index (χ4v) is 3.95. The monoisotopic (exact) mass is 354 g/mol. The average molecular weight is 354 g/mol. The maximum absolute atomic E-state index is 12.9. The van der Waals surface area contributed by atoms with E-state index >= 15 is 0 Å². The summed E-state index contributed by atoms with van der Waals surface area (Å²) in [6, 6.07) is 27.9. The van der Waals surface area contributed by atoms with Crippen molar-refractivity contribution in [2.45, 2.75) is 18.4 Å². The van der Waals surface area contributed by atoms with Crippen molar-refractivity contribution in [3.8, 4) is 5.75 Å². The summed E-state index contributed by atoms with van der Waals surface area (Å²) in [6.07, 6.45) is 0.582. The average Bonchev–Trinajstić information content (AvgIpc) is 2.74. The number of benzene rings is 3. The van der Waals surface area contributed by atoms with Gasteiger partial charge < -0.3 is 9.15 Å². The molecule has 3 heteroatoms. The Kier molecular flexibility index (Phi) is 3.79. The van der Waals surface area contributed by atoms with Crippen molar-refractivity contribution in [1.82, 2.24) is 0 Å². The third-order valence-corrected chi connectivity index (χ3v) is 5.23. The first-order valence-corrected chi connectivity index (χ1v) is 9.13. The minimum atomic E-state index is -0.316. The Morgan fingerprint density at radius 2 is 1.37 bits per heavy atom. The third kappa shape index (κ3) is 2.72. The van der Waals surface area contributed by atoms with Crippen LogP contribution in [-0.4, -0.2) is 0 Å². The zero-order valence-electron chi connectivity index (χ0n) is 14.7. The largest absolute Gasteiger partial charge is 0.484 e. The summed E-state index contributed by atoms with van der Waals surface area (Å²) < 4.78 is 12.0. The molecule has 3 aromatic carbocycles. The Morgan fingerprint density at radius 1 is 0.741 bits per heavy atom. The molecule has 0 radical (unpaired) electrons. The van der Waals surface area contributed by atoms with E-state index in [4.69, 9.17) is 9.15 Å². The molecule has 0 N–H and O–H groups in total. The van der Waals surface area contributed by atoms with Crippen LogP contribution in [0.2, 0.25) is 0 Å². The van der Waals surface area contributed by atoms with Crippen molar-refractivity contribution in [2.24, 2.45) is 0 Å². The van der Waals surface area contributed by atoms with Crippen LogP contribution >= 0.6 is 0 Å². The van der Waals surface area contributed by atoms with Gasteiger partial charge in [0, 0.05) is 5.92 Å². The molecule has 4 aromatic rings. The predicted molar refractivity (Wildman–Crippen MR) is 105 cm³/mol. The maximum Gasteiger partial charge on any atom is 0.343 e. The Morgan fingerprint density at radius 3 is 2.11 bits per heavy atom. The molecule has 132 valence electrons. The van der Waals surface area contributed by atoms with Crippen LogP contribution < -0.4 is 10.4 Å². The van der Waals surface area contributed by atoms with Crippen LogP contribution in [0.3, 0.4) is 0 Å². The Bertz CT molecular complexity index is 1150. The van der Waals surface area contributed by atoms with Gasteiger partial charge in [-0.15, -0.1) is 0 Å². The lowest BCUT2D eigenvalue weighted by Gasteiger charge is -2.32. The van der Waals surface area contributed by atoms with Gasteiger partial charge in [-0.2, -0.15) is 0 Å². The molecule has 1 aliphatic heterocycles. The first-order valence-electron chi connectivity index (χ1n) is 9.13. The van der Waals surface area contributed by atoms with Gasteiger partial charge in [-0.1, -0.05) is 72.8 Å². The van der Waals surface area contributed by atoms with Gasteiger partial charge in [0.15, 0.2) is 0 Å². The van der Waals surface area contributed by atoms with Gasteiger partial charge in [-0.3, -0.25) is 0 Å². The summed E-state index contributed by atoms with van der Waals surface area (Å²) in [4.78, 5) is 12.9. The molecule has 5 rings (SSSR count). The highest BCUT2D eigenvalue weighted by molar-refractivity contribution is 5.85. The van der Waals surface area contributed by atoms with Crippen LogP contribution in [0.5, 0.6) is 5.75 Å². The van der Waals surface area contributed by atoms with Crippen LogP contribution in [0.15, 0.2) is 94.1 Å². The molecule has 2 unspecified atom stereocenters. The minimum Gasteiger partial charge on any atom is -0.484 e. The molecule has 1 aromatic heterocycles. The van der Waals surface area contributed by atoms with E-state index in [1.807, 2.05) is 60.7 Å². The van der Waals surface area contributed by atoms with E-state index in [2.05, 4.69) is 24.3 Å². The highest BCUT2D eigenvalue weighted by Crippen LogP contribution is 2.46. The minimum absolute atomic E-state index is 0.0685. The Hall–Kier alpha value is -3.33. The zero-order valence-corrected chi connectivity index (χ0v) is 14.7. The molecule has 0 saturated carbocycles. The van der Waals surface area contributed by atoms with E-state index in [-0.39, 0.29) is 17.6 Å². The van der Waals surface area contributed by atoms with Gasteiger partial charge in [0.05, 0.1) is 10.9 Å². The molecular weight excluding hydrogens is 336 g/mol. The highest BCUT2D eigenvalue weighted by atomic mass is 16.5. The quantitative estimate of drug-likeness (QED) is 0.449. The molecular formula is C24H18O3. The molecule has 3 nitrogen and oxygen atoms in total. The van der Waals surface area contributed by atoms with Gasteiger partial charge in [-0.25, -0.2) is 4.79 Å². The number of rotatable bonds is 2. The zero-order chi connectivity index (χ0) is 18.2. The van der Waals surface area contributed by atoms with Gasteiger partial charge >= 0.3 is 5.63 Å². The second-order valence-corrected chi connectivity index (χ2v) is 6.84. The van der Waals surface area contributed by atoms with E-state index in [1.165, 1.54) is 0 Å². The standard InChI is InChI=1S/C24H18O3/c25-24-22-19(16-9-3-1-4-10-16)15-21(17-11-5-2-6-12-17)26-23(22)18-13-7-8-14-20(18)27-24/h1-14,19,21H,15H2. The molecule has 27 heavy (non-hydrogen) atoms. The Balaban J connectivity index is 1.76. The molecule has 0 amide bonds. The molecule has 0 bridgehead atoms. The molecule has 1 aliphatic rings. The molecule has 0 fully saturated rings. The fraction of sp³-hybridized carbons (Fsp3) is 0.125. The topological polar surface area (TPSA) is 39.4 Å². The Labute approximate surface area is 156 Å². The molecule has 0 spiro atoms. The summed E-state index contributed by atoms with van der Waals surface area (Å²) in [7, 11) is 0. The molecule has 0 saturated heterocycles. The van der Waals surface area contributed by atoms with E-state index in [0.29, 0.717) is 23.3 Å². The van der Waals surface area contributed by atoms with Crippen molar-refractivity contribution in [2.75, 3.05) is 0 Å². The van der Waals surface area contributed by atoms with Gasteiger partial charge in [0.2, 0.25) is 0 Å². The first kappa shape index (κ1) is 15.9. The van der Waals surface area contributed by atoms with Crippen LogP contribution in [0.25, 0.3) is 11.0 Å². The number of hydrogen-bond donors (Lipinski definition) is 0. The maximum atomic E-state index is 12.9. The van der Waals surface area contributed by atoms with Crippen LogP contribution in [0, 0.1) is 0 Å². The van der Waals surface area contributed by atoms with E-state index in [0.717, 1.165) is 16.5 Å². The van der Waals surface area contributed by atoms with Crippen LogP contribution in [-0.2, 0) is 0 Å². The lowest BCUT2D eigenvalue weighted by molar-refractivity contribution is 0.167. The van der Waals surface area contributed by atoms with Crippen molar-refractivity contribution in [1.29, 1.82) is 0 Å².